The zero-order valence-corrected chi connectivity index (χ0v) is 18.9. The Kier molecular flexibility index (Phi) is 6.68. The molecule has 5 aromatic rings. The lowest BCUT2D eigenvalue weighted by Crippen LogP contribution is -2.00. The van der Waals surface area contributed by atoms with Crippen molar-refractivity contribution in [2.75, 3.05) is 0 Å². The summed E-state index contributed by atoms with van der Waals surface area (Å²) in [7, 11) is 0. The van der Waals surface area contributed by atoms with Crippen LogP contribution in [0.5, 0.6) is 11.5 Å². The monoisotopic (exact) mass is 442 g/mol. The van der Waals surface area contributed by atoms with E-state index in [9.17, 15) is 0 Å². The highest BCUT2D eigenvalue weighted by molar-refractivity contribution is 5.71. The molecule has 5 aromatic carbocycles. The highest BCUT2D eigenvalue weighted by Crippen LogP contribution is 2.31. The van der Waals surface area contributed by atoms with Crippen molar-refractivity contribution in [1.82, 2.24) is 0 Å². The van der Waals surface area contributed by atoms with E-state index < -0.39 is 0 Å². The predicted octanol–water partition coefficient (Wildman–Crippen LogP) is 8.18. The van der Waals surface area contributed by atoms with Crippen LogP contribution < -0.4 is 9.47 Å². The Morgan fingerprint density at radius 2 is 0.794 bits per heavy atom. The van der Waals surface area contributed by atoms with Crippen LogP contribution in [0.25, 0.3) is 22.3 Å². The van der Waals surface area contributed by atoms with Gasteiger partial charge in [-0.3, -0.25) is 0 Å². The van der Waals surface area contributed by atoms with Gasteiger partial charge in [0.15, 0.2) is 0 Å². The van der Waals surface area contributed by atoms with Gasteiger partial charge in [0.1, 0.15) is 24.7 Å². The van der Waals surface area contributed by atoms with E-state index in [1.807, 2.05) is 72.8 Å². The molecule has 0 atom stereocenters. The SMILES string of the molecule is c1ccc(-c2ccccc2OCc2cccc(COc3ccccc3-c3ccccc3)c2)cc1. The standard InChI is InChI=1S/C32H26O2/c1-3-14-27(15-4-1)29-18-7-9-20-31(29)33-23-25-12-11-13-26(22-25)24-34-32-21-10-8-19-30(32)28-16-5-2-6-17-28/h1-22H,23-24H2. The van der Waals surface area contributed by atoms with Crippen LogP contribution in [0.1, 0.15) is 11.1 Å². The lowest BCUT2D eigenvalue weighted by Gasteiger charge is -2.14. The molecule has 0 saturated carbocycles. The molecule has 0 amide bonds. The Labute approximate surface area is 201 Å². The van der Waals surface area contributed by atoms with Gasteiger partial charge in [0.2, 0.25) is 0 Å². The number of benzene rings is 5. The molecular formula is C32H26O2. The molecule has 0 saturated heterocycles. The molecule has 0 aromatic heterocycles. The van der Waals surface area contributed by atoms with Gasteiger partial charge in [-0.05, 0) is 40.5 Å². The summed E-state index contributed by atoms with van der Waals surface area (Å²) >= 11 is 0. The highest BCUT2D eigenvalue weighted by atomic mass is 16.5. The lowest BCUT2D eigenvalue weighted by molar-refractivity contribution is 0.301. The summed E-state index contributed by atoms with van der Waals surface area (Å²) in [6.07, 6.45) is 0. The summed E-state index contributed by atoms with van der Waals surface area (Å²) in [5, 5.41) is 0. The van der Waals surface area contributed by atoms with E-state index in [1.54, 1.807) is 0 Å². The molecule has 0 aliphatic rings. The maximum atomic E-state index is 6.23. The zero-order valence-electron chi connectivity index (χ0n) is 18.9. The summed E-state index contributed by atoms with van der Waals surface area (Å²) in [6.45, 7) is 0.997. The summed E-state index contributed by atoms with van der Waals surface area (Å²) in [5.74, 6) is 1.76. The minimum absolute atomic E-state index is 0.498. The molecule has 0 N–H and O–H groups in total. The largest absolute Gasteiger partial charge is 0.488 e. The number of hydrogen-bond acceptors (Lipinski definition) is 2. The Hall–Kier alpha value is -4.30. The summed E-state index contributed by atoms with van der Waals surface area (Å²) in [6, 6.07) is 45.4. The van der Waals surface area contributed by atoms with E-state index >= 15 is 0 Å². The number of para-hydroxylation sites is 2. The maximum Gasteiger partial charge on any atom is 0.127 e. The summed E-state index contributed by atoms with van der Waals surface area (Å²) < 4.78 is 12.5. The van der Waals surface area contributed by atoms with Crippen molar-refractivity contribution < 1.29 is 9.47 Å². The molecule has 0 radical (unpaired) electrons. The normalized spacial score (nSPS) is 10.6. The molecule has 0 bridgehead atoms. The van der Waals surface area contributed by atoms with Gasteiger partial charge < -0.3 is 9.47 Å². The molecular weight excluding hydrogens is 416 g/mol. The van der Waals surface area contributed by atoms with Crippen molar-refractivity contribution in [2.45, 2.75) is 13.2 Å². The molecule has 0 spiro atoms. The fourth-order valence-corrected chi connectivity index (χ4v) is 4.03. The molecule has 0 fully saturated rings. The van der Waals surface area contributed by atoms with Crippen LogP contribution in [0.15, 0.2) is 133 Å². The van der Waals surface area contributed by atoms with Crippen LogP contribution in [-0.2, 0) is 13.2 Å². The van der Waals surface area contributed by atoms with Gasteiger partial charge in [-0.1, -0.05) is 115 Å². The third kappa shape index (κ3) is 5.19. The third-order valence-corrected chi connectivity index (χ3v) is 5.72. The van der Waals surface area contributed by atoms with Crippen LogP contribution in [-0.4, -0.2) is 0 Å². The average molecular weight is 443 g/mol. The Balaban J connectivity index is 1.28. The van der Waals surface area contributed by atoms with E-state index in [4.69, 9.17) is 9.47 Å². The third-order valence-electron chi connectivity index (χ3n) is 5.72. The zero-order chi connectivity index (χ0) is 23.0. The van der Waals surface area contributed by atoms with Crippen molar-refractivity contribution in [2.24, 2.45) is 0 Å². The first-order valence-corrected chi connectivity index (χ1v) is 11.5. The first kappa shape index (κ1) is 21.5. The van der Waals surface area contributed by atoms with Crippen LogP contribution in [0.2, 0.25) is 0 Å². The fraction of sp³-hybridized carbons (Fsp3) is 0.0625. The van der Waals surface area contributed by atoms with Crippen molar-refractivity contribution in [3.05, 3.63) is 145 Å². The average Bonchev–Trinajstić information content (AvgIpc) is 2.92. The second-order valence-corrected chi connectivity index (χ2v) is 8.12. The molecule has 2 heteroatoms. The molecule has 166 valence electrons. The van der Waals surface area contributed by atoms with Crippen LogP contribution >= 0.6 is 0 Å². The lowest BCUT2D eigenvalue weighted by atomic mass is 10.0. The minimum Gasteiger partial charge on any atom is -0.488 e. The van der Waals surface area contributed by atoms with Gasteiger partial charge in [0.05, 0.1) is 0 Å². The fourth-order valence-electron chi connectivity index (χ4n) is 4.03. The first-order chi connectivity index (χ1) is 16.9. The van der Waals surface area contributed by atoms with E-state index in [-0.39, 0.29) is 0 Å². The molecule has 2 nitrogen and oxygen atoms in total. The van der Waals surface area contributed by atoms with Crippen molar-refractivity contribution in [3.8, 4) is 33.8 Å². The topological polar surface area (TPSA) is 18.5 Å². The van der Waals surface area contributed by atoms with Gasteiger partial charge >= 0.3 is 0 Å². The highest BCUT2D eigenvalue weighted by Gasteiger charge is 2.08. The second kappa shape index (κ2) is 10.5. The van der Waals surface area contributed by atoms with Crippen molar-refractivity contribution in [1.29, 1.82) is 0 Å². The number of ether oxygens (including phenoxy) is 2. The van der Waals surface area contributed by atoms with Gasteiger partial charge in [-0.2, -0.15) is 0 Å². The molecule has 0 aliphatic heterocycles. The van der Waals surface area contributed by atoms with E-state index in [0.717, 1.165) is 44.9 Å². The van der Waals surface area contributed by atoms with E-state index in [1.165, 1.54) is 0 Å². The molecule has 5 rings (SSSR count). The molecule has 0 heterocycles. The van der Waals surface area contributed by atoms with Crippen molar-refractivity contribution in [3.63, 3.8) is 0 Å². The first-order valence-electron chi connectivity index (χ1n) is 11.5. The number of rotatable bonds is 8. The second-order valence-electron chi connectivity index (χ2n) is 8.12. The molecule has 0 unspecified atom stereocenters. The Morgan fingerprint density at radius 1 is 0.382 bits per heavy atom. The van der Waals surface area contributed by atoms with Gasteiger partial charge in [0, 0.05) is 11.1 Å². The van der Waals surface area contributed by atoms with Crippen LogP contribution in [0, 0.1) is 0 Å². The molecule has 34 heavy (non-hydrogen) atoms. The van der Waals surface area contributed by atoms with E-state index in [0.29, 0.717) is 13.2 Å². The van der Waals surface area contributed by atoms with Crippen LogP contribution in [0.4, 0.5) is 0 Å². The maximum absolute atomic E-state index is 6.23. The van der Waals surface area contributed by atoms with Crippen molar-refractivity contribution >= 4 is 0 Å². The van der Waals surface area contributed by atoms with E-state index in [2.05, 4.69) is 60.7 Å². The van der Waals surface area contributed by atoms with Crippen LogP contribution in [0.3, 0.4) is 0 Å². The van der Waals surface area contributed by atoms with Gasteiger partial charge in [-0.25, -0.2) is 0 Å². The number of hydrogen-bond donors (Lipinski definition) is 0. The Morgan fingerprint density at radius 3 is 1.26 bits per heavy atom. The quantitative estimate of drug-likeness (QED) is 0.241. The smallest absolute Gasteiger partial charge is 0.127 e. The minimum atomic E-state index is 0.498. The van der Waals surface area contributed by atoms with Gasteiger partial charge in [0.25, 0.3) is 0 Å². The summed E-state index contributed by atoms with van der Waals surface area (Å²) in [5.41, 5.74) is 6.72. The Bertz CT molecular complexity index is 1240. The summed E-state index contributed by atoms with van der Waals surface area (Å²) in [4.78, 5) is 0. The molecule has 0 aliphatic carbocycles. The van der Waals surface area contributed by atoms with Gasteiger partial charge in [-0.15, -0.1) is 0 Å². The predicted molar refractivity (Wildman–Crippen MR) is 139 cm³/mol.